The summed E-state index contributed by atoms with van der Waals surface area (Å²) in [6.45, 7) is 7.33. The molecule has 1 aromatic heterocycles. The molecule has 7 heteroatoms. The topological polar surface area (TPSA) is 89.3 Å². The third-order valence-corrected chi connectivity index (χ3v) is 3.37. The van der Waals surface area contributed by atoms with Gasteiger partial charge in [-0.05, 0) is 56.9 Å². The summed E-state index contributed by atoms with van der Waals surface area (Å²) in [4.78, 5) is 13.3. The summed E-state index contributed by atoms with van der Waals surface area (Å²) in [7, 11) is 0. The predicted octanol–water partition coefficient (Wildman–Crippen LogP) is 2.61. The van der Waals surface area contributed by atoms with Crippen molar-refractivity contribution in [3.05, 3.63) is 23.8 Å². The molecule has 1 heterocycles. The Morgan fingerprint density at radius 1 is 1.43 bits per heavy atom. The average Bonchev–Trinajstić information content (AvgIpc) is 2.86. The van der Waals surface area contributed by atoms with Crippen LogP contribution in [0.1, 0.15) is 46.1 Å². The van der Waals surface area contributed by atoms with Crippen LogP contribution in [0.4, 0.5) is 4.79 Å². The number of benzene rings is 1. The van der Waals surface area contributed by atoms with Gasteiger partial charge in [-0.25, -0.2) is 10.2 Å². The van der Waals surface area contributed by atoms with E-state index in [0.29, 0.717) is 24.8 Å². The second kappa shape index (κ2) is 6.95. The first-order valence-electron chi connectivity index (χ1n) is 7.81. The first-order chi connectivity index (χ1) is 10.8. The number of nitrogens with one attached hydrogen (secondary N) is 1. The molecule has 0 saturated carbocycles. The lowest BCUT2D eigenvalue weighted by molar-refractivity contribution is 0.0610. The molecule has 2 aromatic rings. The van der Waals surface area contributed by atoms with Crippen LogP contribution in [-0.2, 0) is 11.2 Å². The maximum Gasteiger partial charge on any atom is 0.428 e. The van der Waals surface area contributed by atoms with E-state index in [1.54, 1.807) is 20.8 Å². The summed E-state index contributed by atoms with van der Waals surface area (Å²) in [6.07, 6.45) is 1.10. The van der Waals surface area contributed by atoms with Gasteiger partial charge in [-0.3, -0.25) is 0 Å². The van der Waals surface area contributed by atoms with Crippen LogP contribution in [0, 0.1) is 0 Å². The number of rotatable bonds is 5. The van der Waals surface area contributed by atoms with Gasteiger partial charge >= 0.3 is 6.09 Å². The van der Waals surface area contributed by atoms with Crippen LogP contribution in [0.15, 0.2) is 18.2 Å². The number of para-hydroxylation sites is 1. The Kier molecular flexibility index (Phi) is 5.20. The monoisotopic (exact) mass is 320 g/mol. The van der Waals surface area contributed by atoms with Crippen LogP contribution in [0.2, 0.25) is 0 Å². The number of carbonyl (C=O) groups is 1. The number of ether oxygens (including phenoxy) is 1. The summed E-state index contributed by atoms with van der Waals surface area (Å²) in [5, 5.41) is 17.8. The summed E-state index contributed by atoms with van der Waals surface area (Å²) >= 11 is 0. The van der Waals surface area contributed by atoms with Gasteiger partial charge in [0, 0.05) is 0 Å². The molecule has 0 spiro atoms. The maximum atomic E-state index is 11.9. The van der Waals surface area contributed by atoms with Crippen LogP contribution >= 0.6 is 0 Å². The summed E-state index contributed by atoms with van der Waals surface area (Å²) in [6, 6.07) is 5.67. The molecule has 126 valence electrons. The number of aliphatic hydroxyl groups is 1. The lowest BCUT2D eigenvalue weighted by Gasteiger charge is -2.19. The first kappa shape index (κ1) is 17.2. The standard InChI is InChI=1S/C16H24N4O3/c1-5-12(21)10-9-11-7-6-8-13-14(11)20(19-17-13)18-15(22)23-16(2,3)4/h6-8,12,21H,5,9-10H2,1-4H3,(H,18,22)/t12-/m1/s1. The Balaban J connectivity index is 2.22. The lowest BCUT2D eigenvalue weighted by Crippen LogP contribution is -2.32. The van der Waals surface area contributed by atoms with Gasteiger partial charge in [0.25, 0.3) is 0 Å². The Morgan fingerprint density at radius 3 is 2.83 bits per heavy atom. The minimum atomic E-state index is -0.590. The minimum Gasteiger partial charge on any atom is -0.443 e. The highest BCUT2D eigenvalue weighted by Crippen LogP contribution is 2.18. The molecule has 0 aliphatic heterocycles. The first-order valence-corrected chi connectivity index (χ1v) is 7.81. The molecule has 0 aliphatic carbocycles. The number of aromatic nitrogens is 3. The van der Waals surface area contributed by atoms with Crippen molar-refractivity contribution in [1.29, 1.82) is 0 Å². The van der Waals surface area contributed by atoms with E-state index in [1.807, 2.05) is 25.1 Å². The van der Waals surface area contributed by atoms with Gasteiger partial charge < -0.3 is 9.84 Å². The number of hydrogen-bond acceptors (Lipinski definition) is 5. The van der Waals surface area contributed by atoms with E-state index in [4.69, 9.17) is 4.74 Å². The molecule has 0 bridgehead atoms. The smallest absolute Gasteiger partial charge is 0.428 e. The zero-order valence-electron chi connectivity index (χ0n) is 14.0. The van der Waals surface area contributed by atoms with Gasteiger partial charge in [-0.2, -0.15) is 0 Å². The molecule has 0 saturated heterocycles. The zero-order chi connectivity index (χ0) is 17.0. The van der Waals surface area contributed by atoms with E-state index in [-0.39, 0.29) is 6.10 Å². The Labute approximate surface area is 135 Å². The van der Waals surface area contributed by atoms with Crippen molar-refractivity contribution in [2.24, 2.45) is 0 Å². The van der Waals surface area contributed by atoms with Crippen LogP contribution < -0.4 is 5.43 Å². The van der Waals surface area contributed by atoms with Crippen LogP contribution in [0.5, 0.6) is 0 Å². The van der Waals surface area contributed by atoms with Crippen LogP contribution in [0.3, 0.4) is 0 Å². The Bertz CT molecular complexity index is 676. The fourth-order valence-corrected chi connectivity index (χ4v) is 2.23. The molecule has 0 radical (unpaired) electrons. The molecule has 0 unspecified atom stereocenters. The number of hydrogen-bond donors (Lipinski definition) is 2. The third-order valence-electron chi connectivity index (χ3n) is 3.37. The number of fused-ring (bicyclic) bond motifs is 1. The number of nitrogens with zero attached hydrogens (tertiary/aromatic N) is 3. The zero-order valence-corrected chi connectivity index (χ0v) is 14.0. The molecular formula is C16H24N4O3. The van der Waals surface area contributed by atoms with E-state index in [9.17, 15) is 9.90 Å². The van der Waals surface area contributed by atoms with Gasteiger partial charge in [0.05, 0.1) is 6.10 Å². The van der Waals surface area contributed by atoms with Gasteiger partial charge in [0.1, 0.15) is 16.6 Å². The van der Waals surface area contributed by atoms with Crippen molar-refractivity contribution in [3.63, 3.8) is 0 Å². The molecule has 2 rings (SSSR count). The fraction of sp³-hybridized carbons (Fsp3) is 0.562. The number of aliphatic hydroxyl groups excluding tert-OH is 1. The van der Waals surface area contributed by atoms with Crippen molar-refractivity contribution in [2.45, 2.75) is 58.7 Å². The Morgan fingerprint density at radius 2 is 2.17 bits per heavy atom. The van der Waals surface area contributed by atoms with E-state index in [1.165, 1.54) is 4.79 Å². The summed E-state index contributed by atoms with van der Waals surface area (Å²) in [5.41, 5.74) is 4.37. The van der Waals surface area contributed by atoms with Crippen LogP contribution in [0.25, 0.3) is 11.0 Å². The predicted molar refractivity (Wildman–Crippen MR) is 87.7 cm³/mol. The normalized spacial score (nSPS) is 13.1. The summed E-state index contributed by atoms with van der Waals surface area (Å²) in [5.74, 6) is 0. The highest BCUT2D eigenvalue weighted by atomic mass is 16.6. The molecule has 0 fully saturated rings. The molecule has 1 aromatic carbocycles. The summed E-state index contributed by atoms with van der Waals surface area (Å²) < 4.78 is 5.24. The van der Waals surface area contributed by atoms with Crippen molar-refractivity contribution < 1.29 is 14.6 Å². The highest BCUT2D eigenvalue weighted by Gasteiger charge is 2.18. The fourth-order valence-electron chi connectivity index (χ4n) is 2.23. The van der Waals surface area contributed by atoms with Crippen LogP contribution in [-0.4, -0.2) is 38.0 Å². The van der Waals surface area contributed by atoms with Crippen molar-refractivity contribution in [1.82, 2.24) is 15.1 Å². The van der Waals surface area contributed by atoms with E-state index in [0.717, 1.165) is 11.1 Å². The lowest BCUT2D eigenvalue weighted by atomic mass is 10.0. The SMILES string of the molecule is CC[C@@H](O)CCc1cccc2nnn(NC(=O)OC(C)(C)C)c12. The second-order valence-electron chi connectivity index (χ2n) is 6.50. The molecule has 7 nitrogen and oxygen atoms in total. The number of aryl methyl sites for hydroxylation is 1. The minimum absolute atomic E-state index is 0.339. The quantitative estimate of drug-likeness (QED) is 0.884. The van der Waals surface area contributed by atoms with Gasteiger partial charge in [-0.15, -0.1) is 9.89 Å². The second-order valence-corrected chi connectivity index (χ2v) is 6.50. The highest BCUT2D eigenvalue weighted by molar-refractivity contribution is 5.82. The molecular weight excluding hydrogens is 296 g/mol. The van der Waals surface area contributed by atoms with E-state index >= 15 is 0 Å². The van der Waals surface area contributed by atoms with E-state index in [2.05, 4.69) is 15.7 Å². The van der Waals surface area contributed by atoms with Crippen molar-refractivity contribution in [3.8, 4) is 0 Å². The molecule has 23 heavy (non-hydrogen) atoms. The van der Waals surface area contributed by atoms with Gasteiger partial charge in [0.15, 0.2) is 0 Å². The average molecular weight is 320 g/mol. The van der Waals surface area contributed by atoms with E-state index < -0.39 is 11.7 Å². The molecule has 2 N–H and O–H groups in total. The van der Waals surface area contributed by atoms with Crippen molar-refractivity contribution >= 4 is 17.1 Å². The van der Waals surface area contributed by atoms with Gasteiger partial charge in [-0.1, -0.05) is 19.1 Å². The van der Waals surface area contributed by atoms with Gasteiger partial charge in [0.2, 0.25) is 0 Å². The largest absolute Gasteiger partial charge is 0.443 e. The van der Waals surface area contributed by atoms with Crippen molar-refractivity contribution in [2.75, 3.05) is 5.43 Å². The third kappa shape index (κ3) is 4.66. The number of amides is 1. The maximum absolute atomic E-state index is 11.9. The number of carbonyl (C=O) groups excluding carboxylic acids is 1. The molecule has 0 aliphatic rings. The molecule has 1 atom stereocenters. The Hall–Kier alpha value is -2.15. The molecule has 1 amide bonds.